The molecule has 0 fully saturated rings. The highest BCUT2D eigenvalue weighted by Crippen LogP contribution is 2.24. The zero-order chi connectivity index (χ0) is 20.3. The molecule has 0 saturated heterocycles. The fourth-order valence-electron chi connectivity index (χ4n) is 3.28. The molecular formula is C22H28N4O2. The number of rotatable bonds is 7. The molecule has 0 radical (unpaired) electrons. The Morgan fingerprint density at radius 1 is 1.21 bits per heavy atom. The highest BCUT2D eigenvalue weighted by atomic mass is 16.3. The number of carbonyl (C=O) groups excluding carboxylic acids is 1. The predicted octanol–water partition coefficient (Wildman–Crippen LogP) is 3.93. The number of nitrogens with zero attached hydrogens (tertiary/aromatic N) is 3. The monoisotopic (exact) mass is 380 g/mol. The Kier molecular flexibility index (Phi) is 5.99. The van der Waals surface area contributed by atoms with Gasteiger partial charge in [0.2, 0.25) is 0 Å². The van der Waals surface area contributed by atoms with Crippen LogP contribution in [0, 0.1) is 6.92 Å². The first kappa shape index (κ1) is 19.9. The number of aryl methyl sites for hydroxylation is 1. The van der Waals surface area contributed by atoms with Crippen molar-refractivity contribution in [3.63, 3.8) is 0 Å². The van der Waals surface area contributed by atoms with E-state index in [1.54, 1.807) is 12.5 Å². The van der Waals surface area contributed by atoms with Crippen LogP contribution in [0.5, 0.6) is 0 Å². The lowest BCUT2D eigenvalue weighted by molar-refractivity contribution is 0.0937. The first-order chi connectivity index (χ1) is 13.4. The largest absolute Gasteiger partial charge is 0.468 e. The second-order valence-electron chi connectivity index (χ2n) is 7.55. The third kappa shape index (κ3) is 4.17. The van der Waals surface area contributed by atoms with Crippen molar-refractivity contribution in [2.75, 3.05) is 20.6 Å². The Morgan fingerprint density at radius 2 is 1.93 bits per heavy atom. The predicted molar refractivity (Wildman–Crippen MR) is 110 cm³/mol. The number of carbonyl (C=O) groups is 1. The van der Waals surface area contributed by atoms with Crippen molar-refractivity contribution in [2.45, 2.75) is 32.7 Å². The van der Waals surface area contributed by atoms with E-state index in [9.17, 15) is 4.79 Å². The maximum absolute atomic E-state index is 13.0. The molecule has 1 aromatic carbocycles. The summed E-state index contributed by atoms with van der Waals surface area (Å²) in [7, 11) is 3.93. The number of hydrogen-bond donors (Lipinski definition) is 1. The van der Waals surface area contributed by atoms with E-state index in [1.165, 1.54) is 5.56 Å². The number of benzene rings is 1. The molecule has 6 nitrogen and oxygen atoms in total. The molecular weight excluding hydrogens is 352 g/mol. The Bertz CT molecular complexity index is 909. The third-order valence-corrected chi connectivity index (χ3v) is 4.83. The maximum Gasteiger partial charge on any atom is 0.254 e. The molecule has 28 heavy (non-hydrogen) atoms. The maximum atomic E-state index is 13.0. The van der Waals surface area contributed by atoms with Gasteiger partial charge in [-0.1, -0.05) is 31.5 Å². The van der Waals surface area contributed by atoms with E-state index in [1.807, 2.05) is 60.1 Å². The quantitative estimate of drug-likeness (QED) is 0.675. The molecule has 1 N–H and O–H groups in total. The Morgan fingerprint density at radius 3 is 2.50 bits per heavy atom. The third-order valence-electron chi connectivity index (χ3n) is 4.83. The van der Waals surface area contributed by atoms with Gasteiger partial charge in [0.05, 0.1) is 35.4 Å². The Labute approximate surface area is 166 Å². The Hall–Kier alpha value is -2.86. The van der Waals surface area contributed by atoms with Crippen LogP contribution < -0.4 is 5.32 Å². The minimum absolute atomic E-state index is 0.0337. The second-order valence-corrected chi connectivity index (χ2v) is 7.55. The molecule has 1 amide bonds. The normalized spacial score (nSPS) is 12.5. The number of nitrogens with one attached hydrogen (secondary N) is 1. The molecule has 0 saturated carbocycles. The lowest BCUT2D eigenvalue weighted by atomic mass is 10.0. The van der Waals surface area contributed by atoms with Gasteiger partial charge in [-0.2, -0.15) is 5.10 Å². The number of aromatic nitrogens is 2. The number of amides is 1. The summed E-state index contributed by atoms with van der Waals surface area (Å²) < 4.78 is 7.38. The highest BCUT2D eigenvalue weighted by molar-refractivity contribution is 5.95. The molecule has 148 valence electrons. The van der Waals surface area contributed by atoms with Crippen molar-refractivity contribution in [3.8, 4) is 5.69 Å². The first-order valence-corrected chi connectivity index (χ1v) is 9.51. The fourth-order valence-corrected chi connectivity index (χ4v) is 3.28. The summed E-state index contributed by atoms with van der Waals surface area (Å²) in [4.78, 5) is 15.0. The van der Waals surface area contributed by atoms with E-state index in [0.717, 1.165) is 17.1 Å². The summed E-state index contributed by atoms with van der Waals surface area (Å²) in [6.45, 7) is 6.65. The molecule has 0 bridgehead atoms. The van der Waals surface area contributed by atoms with E-state index in [2.05, 4.69) is 31.2 Å². The average molecular weight is 380 g/mol. The first-order valence-electron chi connectivity index (χ1n) is 9.51. The summed E-state index contributed by atoms with van der Waals surface area (Å²) in [5.74, 6) is 0.851. The Balaban J connectivity index is 1.82. The van der Waals surface area contributed by atoms with Gasteiger partial charge in [0.15, 0.2) is 0 Å². The van der Waals surface area contributed by atoms with Crippen LogP contribution in [0.25, 0.3) is 5.69 Å². The summed E-state index contributed by atoms with van der Waals surface area (Å²) in [6, 6.07) is 11.9. The lowest BCUT2D eigenvalue weighted by Gasteiger charge is -2.22. The highest BCUT2D eigenvalue weighted by Gasteiger charge is 2.23. The van der Waals surface area contributed by atoms with Gasteiger partial charge in [-0.25, -0.2) is 4.68 Å². The molecule has 3 aromatic rings. The van der Waals surface area contributed by atoms with Crippen LogP contribution in [0.15, 0.2) is 53.3 Å². The van der Waals surface area contributed by atoms with E-state index in [-0.39, 0.29) is 17.9 Å². The molecule has 6 heteroatoms. The van der Waals surface area contributed by atoms with Gasteiger partial charge >= 0.3 is 0 Å². The minimum atomic E-state index is -0.125. The van der Waals surface area contributed by atoms with Crippen LogP contribution >= 0.6 is 0 Å². The van der Waals surface area contributed by atoms with Gasteiger partial charge in [-0.15, -0.1) is 0 Å². The van der Waals surface area contributed by atoms with Crippen LogP contribution in [0.2, 0.25) is 0 Å². The van der Waals surface area contributed by atoms with E-state index in [0.29, 0.717) is 12.1 Å². The van der Waals surface area contributed by atoms with Gasteiger partial charge in [0, 0.05) is 6.54 Å². The SMILES string of the molecule is Cc1ccc(-n2ncc(C(=O)NCC(c3ccco3)N(C)C)c2C(C)C)cc1. The number of furan rings is 1. The van der Waals surface area contributed by atoms with Crippen molar-refractivity contribution in [3.05, 3.63) is 71.4 Å². The summed E-state index contributed by atoms with van der Waals surface area (Å²) in [5, 5.41) is 7.54. The van der Waals surface area contributed by atoms with Crippen molar-refractivity contribution in [2.24, 2.45) is 0 Å². The summed E-state index contributed by atoms with van der Waals surface area (Å²) in [6.07, 6.45) is 3.30. The summed E-state index contributed by atoms with van der Waals surface area (Å²) in [5.41, 5.74) is 3.65. The van der Waals surface area contributed by atoms with Crippen LogP contribution in [-0.2, 0) is 0 Å². The van der Waals surface area contributed by atoms with Gasteiger partial charge < -0.3 is 9.73 Å². The van der Waals surface area contributed by atoms with Crippen molar-refractivity contribution < 1.29 is 9.21 Å². The van der Waals surface area contributed by atoms with Gasteiger partial charge in [-0.3, -0.25) is 9.69 Å². The molecule has 0 aliphatic heterocycles. The average Bonchev–Trinajstić information content (AvgIpc) is 3.32. The molecule has 2 aromatic heterocycles. The lowest BCUT2D eigenvalue weighted by Crippen LogP contribution is -2.34. The molecule has 2 heterocycles. The van der Waals surface area contributed by atoms with E-state index < -0.39 is 0 Å². The zero-order valence-electron chi connectivity index (χ0n) is 17.1. The van der Waals surface area contributed by atoms with E-state index >= 15 is 0 Å². The zero-order valence-corrected chi connectivity index (χ0v) is 17.1. The van der Waals surface area contributed by atoms with Gasteiger partial charge in [-0.05, 0) is 51.2 Å². The molecule has 0 spiro atoms. The van der Waals surface area contributed by atoms with Crippen LogP contribution in [0.4, 0.5) is 0 Å². The molecule has 0 aliphatic carbocycles. The topological polar surface area (TPSA) is 63.3 Å². The smallest absolute Gasteiger partial charge is 0.254 e. The minimum Gasteiger partial charge on any atom is -0.468 e. The number of hydrogen-bond acceptors (Lipinski definition) is 4. The van der Waals surface area contributed by atoms with E-state index in [4.69, 9.17) is 4.42 Å². The van der Waals surface area contributed by atoms with Crippen LogP contribution in [0.1, 0.15) is 53.2 Å². The van der Waals surface area contributed by atoms with Crippen molar-refractivity contribution in [1.82, 2.24) is 20.0 Å². The molecule has 1 atom stereocenters. The molecule has 0 aliphatic rings. The van der Waals surface area contributed by atoms with Crippen LogP contribution in [-0.4, -0.2) is 41.2 Å². The van der Waals surface area contributed by atoms with Crippen LogP contribution in [0.3, 0.4) is 0 Å². The molecule has 3 rings (SSSR count). The van der Waals surface area contributed by atoms with Crippen molar-refractivity contribution in [1.29, 1.82) is 0 Å². The van der Waals surface area contributed by atoms with Gasteiger partial charge in [0.25, 0.3) is 5.91 Å². The van der Waals surface area contributed by atoms with Crippen molar-refractivity contribution >= 4 is 5.91 Å². The second kappa shape index (κ2) is 8.44. The number of likely N-dealkylation sites (N-methyl/N-ethyl adjacent to an activating group) is 1. The standard InChI is InChI=1S/C22H28N4O2/c1-15(2)21-18(13-24-26(21)17-10-8-16(3)9-11-17)22(27)23-14-19(25(4)5)20-7-6-12-28-20/h6-13,15,19H,14H2,1-5H3,(H,23,27). The molecule has 1 unspecified atom stereocenters. The van der Waals surface area contributed by atoms with Gasteiger partial charge in [0.1, 0.15) is 5.76 Å². The summed E-state index contributed by atoms with van der Waals surface area (Å²) >= 11 is 0. The fraction of sp³-hybridized carbons (Fsp3) is 0.364.